The van der Waals surface area contributed by atoms with Crippen molar-refractivity contribution in [2.45, 2.75) is 19.0 Å². The van der Waals surface area contributed by atoms with Crippen molar-refractivity contribution in [2.24, 2.45) is 0 Å². The van der Waals surface area contributed by atoms with Gasteiger partial charge in [-0.15, -0.1) is 10.2 Å². The fourth-order valence-corrected chi connectivity index (χ4v) is 4.01. The van der Waals surface area contributed by atoms with Crippen molar-refractivity contribution < 1.29 is 4.79 Å². The van der Waals surface area contributed by atoms with Crippen molar-refractivity contribution in [1.29, 1.82) is 0 Å². The Morgan fingerprint density at radius 3 is 2.59 bits per heavy atom. The molecule has 10 heteroatoms. The van der Waals surface area contributed by atoms with Crippen molar-refractivity contribution >= 4 is 29.4 Å². The second kappa shape index (κ2) is 7.47. The largest absolute Gasteiger partial charge is 0.338 e. The third-order valence-corrected chi connectivity index (χ3v) is 5.37. The Hall–Kier alpha value is -2.75. The summed E-state index contributed by atoms with van der Waals surface area (Å²) in [5, 5.41) is 8.99. The number of aromatic nitrogens is 6. The number of anilines is 1. The lowest BCUT2D eigenvalue weighted by Crippen LogP contribution is -2.49. The number of nitrogens with zero attached hydrogens (tertiary/aromatic N) is 8. The van der Waals surface area contributed by atoms with Gasteiger partial charge in [-0.25, -0.2) is 15.0 Å². The standard InChI is InChI=1S/C17H20N8OS/c1-12-10-13(2)25-16(20-12)21-22-17(25)27-11-14(26)23-6-8-24(9-7-23)15-18-4-3-5-19-15/h3-5,10H,6-9,11H2,1-2H3. The molecule has 0 atom stereocenters. The van der Waals surface area contributed by atoms with Crippen LogP contribution in [0.15, 0.2) is 29.7 Å². The van der Waals surface area contributed by atoms with Gasteiger partial charge in [0.15, 0.2) is 5.16 Å². The van der Waals surface area contributed by atoms with Crippen LogP contribution in [0.1, 0.15) is 11.4 Å². The Labute approximate surface area is 160 Å². The maximum atomic E-state index is 12.6. The number of carbonyl (C=O) groups excluding carboxylic acids is 1. The van der Waals surface area contributed by atoms with E-state index in [4.69, 9.17) is 0 Å². The minimum atomic E-state index is 0.100. The molecule has 0 saturated carbocycles. The van der Waals surface area contributed by atoms with Crippen LogP contribution in [0, 0.1) is 13.8 Å². The molecule has 0 bridgehead atoms. The molecule has 0 aromatic carbocycles. The number of rotatable bonds is 4. The van der Waals surface area contributed by atoms with Gasteiger partial charge in [0.1, 0.15) is 0 Å². The van der Waals surface area contributed by atoms with Crippen LogP contribution in [0.5, 0.6) is 0 Å². The van der Waals surface area contributed by atoms with E-state index in [-0.39, 0.29) is 5.91 Å². The number of amides is 1. The zero-order valence-electron chi connectivity index (χ0n) is 15.2. The number of piperazine rings is 1. The molecular weight excluding hydrogens is 364 g/mol. The summed E-state index contributed by atoms with van der Waals surface area (Å²) in [4.78, 5) is 29.5. The second-order valence-corrected chi connectivity index (χ2v) is 7.30. The molecule has 1 aliphatic rings. The lowest BCUT2D eigenvalue weighted by atomic mass is 10.3. The third-order valence-electron chi connectivity index (χ3n) is 4.46. The summed E-state index contributed by atoms with van der Waals surface area (Å²) in [6.45, 7) is 6.71. The van der Waals surface area contributed by atoms with Crippen LogP contribution in [-0.4, -0.2) is 72.3 Å². The van der Waals surface area contributed by atoms with Gasteiger partial charge < -0.3 is 9.80 Å². The molecule has 140 valence electrons. The van der Waals surface area contributed by atoms with Crippen LogP contribution >= 0.6 is 11.8 Å². The van der Waals surface area contributed by atoms with E-state index in [9.17, 15) is 4.79 Å². The van der Waals surface area contributed by atoms with Gasteiger partial charge in [-0.2, -0.15) is 0 Å². The first-order valence-corrected chi connectivity index (χ1v) is 9.72. The molecule has 27 heavy (non-hydrogen) atoms. The first kappa shape index (κ1) is 17.7. The minimum absolute atomic E-state index is 0.100. The first-order chi connectivity index (χ1) is 13.1. The normalized spacial score (nSPS) is 14.7. The number of hydrogen-bond donors (Lipinski definition) is 0. The molecule has 0 unspecified atom stereocenters. The van der Waals surface area contributed by atoms with Crippen LogP contribution in [-0.2, 0) is 4.79 Å². The summed E-state index contributed by atoms with van der Waals surface area (Å²) in [6, 6.07) is 3.78. The van der Waals surface area contributed by atoms with Crippen molar-refractivity contribution in [3.8, 4) is 0 Å². The Kier molecular flexibility index (Phi) is 4.88. The molecule has 4 rings (SSSR count). The number of hydrogen-bond acceptors (Lipinski definition) is 8. The van der Waals surface area contributed by atoms with E-state index in [1.165, 1.54) is 11.8 Å². The Morgan fingerprint density at radius 1 is 1.11 bits per heavy atom. The highest BCUT2D eigenvalue weighted by Crippen LogP contribution is 2.19. The van der Waals surface area contributed by atoms with E-state index >= 15 is 0 Å². The summed E-state index contributed by atoms with van der Waals surface area (Å²) in [6.07, 6.45) is 3.47. The summed E-state index contributed by atoms with van der Waals surface area (Å²) in [5.74, 6) is 1.71. The van der Waals surface area contributed by atoms with Crippen molar-refractivity contribution in [2.75, 3.05) is 36.8 Å². The molecule has 0 aliphatic carbocycles. The molecule has 0 radical (unpaired) electrons. The Balaban J connectivity index is 1.35. The molecule has 1 fully saturated rings. The number of carbonyl (C=O) groups is 1. The molecular formula is C17H20N8OS. The van der Waals surface area contributed by atoms with Crippen LogP contribution < -0.4 is 4.90 Å². The molecule has 3 aromatic heterocycles. The summed E-state index contributed by atoms with van der Waals surface area (Å²) in [7, 11) is 0. The van der Waals surface area contributed by atoms with E-state index in [1.54, 1.807) is 18.5 Å². The number of fused-ring (bicyclic) bond motifs is 1. The molecule has 1 amide bonds. The summed E-state index contributed by atoms with van der Waals surface area (Å²) >= 11 is 1.40. The maximum absolute atomic E-state index is 12.6. The number of thioether (sulfide) groups is 1. The van der Waals surface area contributed by atoms with Gasteiger partial charge in [0.25, 0.3) is 5.78 Å². The first-order valence-electron chi connectivity index (χ1n) is 8.74. The number of aryl methyl sites for hydroxylation is 2. The fraction of sp³-hybridized carbons (Fsp3) is 0.412. The van der Waals surface area contributed by atoms with E-state index in [0.717, 1.165) is 24.5 Å². The Morgan fingerprint density at radius 2 is 1.85 bits per heavy atom. The minimum Gasteiger partial charge on any atom is -0.338 e. The molecule has 9 nitrogen and oxygen atoms in total. The topological polar surface area (TPSA) is 92.4 Å². The van der Waals surface area contributed by atoms with Gasteiger partial charge in [0, 0.05) is 50.0 Å². The molecule has 4 heterocycles. The smallest absolute Gasteiger partial charge is 0.256 e. The highest BCUT2D eigenvalue weighted by molar-refractivity contribution is 7.99. The maximum Gasteiger partial charge on any atom is 0.256 e. The average molecular weight is 384 g/mol. The summed E-state index contributed by atoms with van der Waals surface area (Å²) in [5.41, 5.74) is 1.91. The SMILES string of the molecule is Cc1cc(C)n2c(SCC(=O)N3CCN(c4ncccn4)CC3)nnc2n1. The van der Waals surface area contributed by atoms with Gasteiger partial charge in [-0.3, -0.25) is 9.20 Å². The lowest BCUT2D eigenvalue weighted by molar-refractivity contribution is -0.128. The molecule has 0 spiro atoms. The lowest BCUT2D eigenvalue weighted by Gasteiger charge is -2.34. The average Bonchev–Trinajstić information content (AvgIpc) is 3.10. The molecule has 3 aromatic rings. The van der Waals surface area contributed by atoms with Crippen molar-refractivity contribution in [3.05, 3.63) is 35.9 Å². The van der Waals surface area contributed by atoms with E-state index < -0.39 is 0 Å². The second-order valence-electron chi connectivity index (χ2n) is 6.36. The zero-order chi connectivity index (χ0) is 18.8. The van der Waals surface area contributed by atoms with Gasteiger partial charge in [0.05, 0.1) is 5.75 Å². The van der Waals surface area contributed by atoms with Crippen LogP contribution in [0.4, 0.5) is 5.95 Å². The molecule has 1 saturated heterocycles. The predicted molar refractivity (Wildman–Crippen MR) is 102 cm³/mol. The highest BCUT2D eigenvalue weighted by atomic mass is 32.2. The van der Waals surface area contributed by atoms with Gasteiger partial charge >= 0.3 is 0 Å². The zero-order valence-corrected chi connectivity index (χ0v) is 16.1. The summed E-state index contributed by atoms with van der Waals surface area (Å²) < 4.78 is 1.88. The van der Waals surface area contributed by atoms with E-state index in [0.29, 0.717) is 35.7 Å². The molecule has 1 aliphatic heterocycles. The van der Waals surface area contributed by atoms with Crippen LogP contribution in [0.25, 0.3) is 5.78 Å². The van der Waals surface area contributed by atoms with E-state index in [2.05, 4.69) is 30.0 Å². The van der Waals surface area contributed by atoms with Crippen molar-refractivity contribution in [3.63, 3.8) is 0 Å². The Bertz CT molecular complexity index is 952. The van der Waals surface area contributed by atoms with Crippen molar-refractivity contribution in [1.82, 2.24) is 34.4 Å². The van der Waals surface area contributed by atoms with Gasteiger partial charge in [-0.1, -0.05) is 11.8 Å². The quantitative estimate of drug-likeness (QED) is 0.615. The monoisotopic (exact) mass is 384 g/mol. The predicted octanol–water partition coefficient (Wildman–Crippen LogP) is 0.972. The molecule has 0 N–H and O–H groups in total. The van der Waals surface area contributed by atoms with Crippen LogP contribution in [0.3, 0.4) is 0 Å². The fourth-order valence-electron chi connectivity index (χ4n) is 3.12. The van der Waals surface area contributed by atoms with Gasteiger partial charge in [0.2, 0.25) is 11.9 Å². The van der Waals surface area contributed by atoms with E-state index in [1.807, 2.05) is 29.2 Å². The van der Waals surface area contributed by atoms with Gasteiger partial charge in [-0.05, 0) is 26.0 Å². The highest BCUT2D eigenvalue weighted by Gasteiger charge is 2.23. The van der Waals surface area contributed by atoms with Crippen LogP contribution in [0.2, 0.25) is 0 Å². The third kappa shape index (κ3) is 3.70.